The van der Waals surface area contributed by atoms with Crippen molar-refractivity contribution >= 4 is 11.9 Å². The number of cyclic esters (lactones) is 1. The molecule has 2 N–H and O–H groups in total. The van der Waals surface area contributed by atoms with E-state index in [1.54, 1.807) is 24.3 Å². The second kappa shape index (κ2) is 6.35. The van der Waals surface area contributed by atoms with Gasteiger partial charge >= 0.3 is 11.9 Å². The van der Waals surface area contributed by atoms with Gasteiger partial charge in [0, 0.05) is 5.56 Å². The number of benzene rings is 2. The molecule has 0 saturated carbocycles. The summed E-state index contributed by atoms with van der Waals surface area (Å²) >= 11 is 0. The second-order valence-corrected chi connectivity index (χ2v) is 5.36. The Bertz CT molecular complexity index is 835. The van der Waals surface area contributed by atoms with Crippen molar-refractivity contribution in [2.45, 2.75) is 12.0 Å². The predicted octanol–water partition coefficient (Wildman–Crippen LogP) is 3.12. The van der Waals surface area contributed by atoms with Gasteiger partial charge in [0.25, 0.3) is 5.91 Å². The molecule has 3 rings (SSSR count). The maximum absolute atomic E-state index is 14.5. The van der Waals surface area contributed by atoms with Crippen molar-refractivity contribution in [3.8, 4) is 0 Å². The van der Waals surface area contributed by atoms with Crippen molar-refractivity contribution in [3.63, 3.8) is 0 Å². The number of aliphatic hydroxyl groups is 1. The number of hydrogen-bond acceptors (Lipinski definition) is 4. The number of carbonyl (C=O) groups is 2. The monoisotopic (exact) mass is 345 g/mol. The summed E-state index contributed by atoms with van der Waals surface area (Å²) in [7, 11) is 0. The molecule has 0 radical (unpaired) electrons. The van der Waals surface area contributed by atoms with Crippen molar-refractivity contribution in [3.05, 3.63) is 83.2 Å². The SMILES string of the molecule is O=C1OC(c2ccccc2)C(F)(F)C(O)=C1NC(=O)c1ccccc1. The molecule has 1 aliphatic heterocycles. The number of aliphatic hydroxyl groups excluding tert-OH is 1. The van der Waals surface area contributed by atoms with Crippen LogP contribution in [0.4, 0.5) is 8.78 Å². The van der Waals surface area contributed by atoms with E-state index in [2.05, 4.69) is 0 Å². The lowest BCUT2D eigenvalue weighted by Crippen LogP contribution is -2.43. The Labute approximate surface area is 141 Å². The first-order valence-corrected chi connectivity index (χ1v) is 7.35. The van der Waals surface area contributed by atoms with Crippen molar-refractivity contribution in [1.29, 1.82) is 0 Å². The summed E-state index contributed by atoms with van der Waals surface area (Å²) in [5.41, 5.74) is -0.795. The van der Waals surface area contributed by atoms with E-state index >= 15 is 0 Å². The molecule has 0 fully saturated rings. The third kappa shape index (κ3) is 3.08. The van der Waals surface area contributed by atoms with Crippen molar-refractivity contribution in [2.24, 2.45) is 0 Å². The first-order chi connectivity index (χ1) is 11.9. The maximum Gasteiger partial charge on any atom is 0.359 e. The van der Waals surface area contributed by atoms with Crippen LogP contribution in [0.5, 0.6) is 0 Å². The number of nitrogens with one attached hydrogen (secondary N) is 1. The Kier molecular flexibility index (Phi) is 4.22. The highest BCUT2D eigenvalue weighted by molar-refractivity contribution is 6.01. The topological polar surface area (TPSA) is 75.6 Å². The lowest BCUT2D eigenvalue weighted by atomic mass is 9.98. The zero-order valence-electron chi connectivity index (χ0n) is 12.8. The van der Waals surface area contributed by atoms with E-state index < -0.39 is 35.4 Å². The standard InChI is InChI=1S/C18H13F2NO4/c19-18(20)14(22)13(21-16(23)12-9-5-2-6-10-12)17(24)25-15(18)11-7-3-1-4-8-11/h1-10,15,22H,(H,21,23). The summed E-state index contributed by atoms with van der Waals surface area (Å²) in [6.45, 7) is 0. The molecular formula is C18H13F2NO4. The van der Waals surface area contributed by atoms with Crippen molar-refractivity contribution < 1.29 is 28.2 Å². The zero-order chi connectivity index (χ0) is 18.0. The lowest BCUT2D eigenvalue weighted by Gasteiger charge is -2.31. The van der Waals surface area contributed by atoms with Crippen LogP contribution in [0.1, 0.15) is 22.0 Å². The van der Waals surface area contributed by atoms with Crippen LogP contribution in [-0.4, -0.2) is 22.9 Å². The number of alkyl halides is 2. The molecule has 2 aromatic carbocycles. The number of ether oxygens (including phenoxy) is 1. The molecular weight excluding hydrogens is 332 g/mol. The smallest absolute Gasteiger partial charge is 0.359 e. The maximum atomic E-state index is 14.5. The van der Waals surface area contributed by atoms with E-state index in [1.165, 1.54) is 36.4 Å². The van der Waals surface area contributed by atoms with E-state index in [9.17, 15) is 23.5 Å². The summed E-state index contributed by atoms with van der Waals surface area (Å²) in [6, 6.07) is 15.0. The van der Waals surface area contributed by atoms with Crippen LogP contribution >= 0.6 is 0 Å². The highest BCUT2D eigenvalue weighted by atomic mass is 19.3. The molecule has 1 amide bonds. The Balaban J connectivity index is 1.93. The minimum absolute atomic E-state index is 0.0286. The lowest BCUT2D eigenvalue weighted by molar-refractivity contribution is -0.178. The molecule has 0 saturated heterocycles. The molecule has 0 aromatic heterocycles. The molecule has 7 heteroatoms. The number of esters is 1. The van der Waals surface area contributed by atoms with E-state index in [4.69, 9.17) is 4.74 Å². The molecule has 1 unspecified atom stereocenters. The van der Waals surface area contributed by atoms with Gasteiger partial charge < -0.3 is 15.2 Å². The Morgan fingerprint density at radius 1 is 1.04 bits per heavy atom. The zero-order valence-corrected chi connectivity index (χ0v) is 12.8. The summed E-state index contributed by atoms with van der Waals surface area (Å²) in [4.78, 5) is 24.1. The second-order valence-electron chi connectivity index (χ2n) is 5.36. The highest BCUT2D eigenvalue weighted by Crippen LogP contribution is 2.43. The quantitative estimate of drug-likeness (QED) is 0.838. The molecule has 128 valence electrons. The molecule has 2 aromatic rings. The highest BCUT2D eigenvalue weighted by Gasteiger charge is 2.54. The largest absolute Gasteiger partial charge is 0.505 e. The summed E-state index contributed by atoms with van der Waals surface area (Å²) in [5.74, 6) is -7.45. The van der Waals surface area contributed by atoms with Gasteiger partial charge in [-0.15, -0.1) is 0 Å². The van der Waals surface area contributed by atoms with E-state index in [-0.39, 0.29) is 11.1 Å². The third-order valence-electron chi connectivity index (χ3n) is 3.69. The van der Waals surface area contributed by atoms with Crippen molar-refractivity contribution in [1.82, 2.24) is 5.32 Å². The molecule has 1 heterocycles. The van der Waals surface area contributed by atoms with Gasteiger partial charge in [-0.3, -0.25) is 4.79 Å². The van der Waals surface area contributed by atoms with Crippen molar-refractivity contribution in [2.75, 3.05) is 0 Å². The van der Waals surface area contributed by atoms with Crippen LogP contribution in [0.25, 0.3) is 0 Å². The molecule has 0 spiro atoms. The van der Waals surface area contributed by atoms with Crippen LogP contribution in [-0.2, 0) is 9.53 Å². The number of halogens is 2. The average molecular weight is 345 g/mol. The third-order valence-corrected chi connectivity index (χ3v) is 3.69. The summed E-state index contributed by atoms with van der Waals surface area (Å²) in [6.07, 6.45) is -1.97. The van der Waals surface area contributed by atoms with Gasteiger partial charge in [-0.2, -0.15) is 8.78 Å². The molecule has 0 bridgehead atoms. The minimum atomic E-state index is -3.88. The van der Waals surface area contributed by atoms with Crippen LogP contribution < -0.4 is 5.32 Å². The normalized spacial score (nSPS) is 19.3. The van der Waals surface area contributed by atoms with E-state index in [1.807, 2.05) is 5.32 Å². The average Bonchev–Trinajstić information content (AvgIpc) is 2.63. The predicted molar refractivity (Wildman–Crippen MR) is 83.8 cm³/mol. The first-order valence-electron chi connectivity index (χ1n) is 7.35. The van der Waals surface area contributed by atoms with Gasteiger partial charge in [-0.05, 0) is 17.7 Å². The number of hydrogen-bond donors (Lipinski definition) is 2. The fourth-order valence-corrected chi connectivity index (χ4v) is 2.42. The fraction of sp³-hybridized carbons (Fsp3) is 0.111. The van der Waals surface area contributed by atoms with Crippen LogP contribution in [0, 0.1) is 0 Å². The van der Waals surface area contributed by atoms with Gasteiger partial charge in [-0.1, -0.05) is 48.5 Å². The first kappa shape index (κ1) is 16.6. The Morgan fingerprint density at radius 3 is 2.20 bits per heavy atom. The van der Waals surface area contributed by atoms with Gasteiger partial charge in [0.15, 0.2) is 17.6 Å². The number of carbonyl (C=O) groups excluding carboxylic acids is 2. The van der Waals surface area contributed by atoms with Gasteiger partial charge in [0.05, 0.1) is 0 Å². The summed E-state index contributed by atoms with van der Waals surface area (Å²) < 4.78 is 33.8. The molecule has 1 atom stereocenters. The van der Waals surface area contributed by atoms with Crippen LogP contribution in [0.2, 0.25) is 0 Å². The van der Waals surface area contributed by atoms with Crippen LogP contribution in [0.3, 0.4) is 0 Å². The molecule has 1 aliphatic rings. The minimum Gasteiger partial charge on any atom is -0.505 e. The van der Waals surface area contributed by atoms with E-state index in [0.29, 0.717) is 0 Å². The van der Waals surface area contributed by atoms with Gasteiger partial charge in [0.1, 0.15) is 0 Å². The van der Waals surface area contributed by atoms with Gasteiger partial charge in [0.2, 0.25) is 0 Å². The molecule has 25 heavy (non-hydrogen) atoms. The number of rotatable bonds is 3. The van der Waals surface area contributed by atoms with E-state index in [0.717, 1.165) is 0 Å². The molecule has 5 nitrogen and oxygen atoms in total. The Hall–Kier alpha value is -3.22. The number of amides is 1. The fourth-order valence-electron chi connectivity index (χ4n) is 2.42. The molecule has 0 aliphatic carbocycles. The Morgan fingerprint density at radius 2 is 1.60 bits per heavy atom. The van der Waals surface area contributed by atoms with Crippen LogP contribution in [0.15, 0.2) is 72.1 Å². The summed E-state index contributed by atoms with van der Waals surface area (Å²) in [5, 5.41) is 11.9. The van der Waals surface area contributed by atoms with Gasteiger partial charge in [-0.25, -0.2) is 4.79 Å².